The molecule has 4 aromatic rings. The van der Waals surface area contributed by atoms with E-state index < -0.39 is 0 Å². The van der Waals surface area contributed by atoms with E-state index in [0.717, 1.165) is 40.9 Å². The van der Waals surface area contributed by atoms with Gasteiger partial charge in [-0.1, -0.05) is 31.7 Å². The minimum absolute atomic E-state index is 0.218. The molecule has 0 bridgehead atoms. The molecule has 0 aliphatic heterocycles. The van der Waals surface area contributed by atoms with Crippen LogP contribution >= 0.6 is 0 Å². The number of hydrogen-bond acceptors (Lipinski definition) is 7. The average molecular weight is 528 g/mol. The van der Waals surface area contributed by atoms with Crippen molar-refractivity contribution in [1.82, 2.24) is 19.4 Å². The van der Waals surface area contributed by atoms with Crippen molar-refractivity contribution in [2.24, 2.45) is 7.05 Å². The van der Waals surface area contributed by atoms with E-state index in [0.29, 0.717) is 35.1 Å². The second-order valence-corrected chi connectivity index (χ2v) is 9.77. The number of methoxy groups -OCH3 is 1. The molecule has 0 aliphatic rings. The van der Waals surface area contributed by atoms with Gasteiger partial charge in [-0.05, 0) is 38.7 Å². The van der Waals surface area contributed by atoms with Gasteiger partial charge in [0.05, 0.1) is 29.9 Å². The Morgan fingerprint density at radius 2 is 1.87 bits per heavy atom. The van der Waals surface area contributed by atoms with Crippen LogP contribution < -0.4 is 20.3 Å². The molecule has 0 aliphatic carbocycles. The largest absolute Gasteiger partial charge is 0.494 e. The molecular weight excluding hydrogens is 490 g/mol. The number of amides is 1. The van der Waals surface area contributed by atoms with E-state index in [1.165, 1.54) is 0 Å². The third-order valence-electron chi connectivity index (χ3n) is 6.68. The molecule has 0 unspecified atom stereocenters. The zero-order valence-corrected chi connectivity index (χ0v) is 23.6. The highest BCUT2D eigenvalue weighted by molar-refractivity contribution is 6.05. The molecule has 9 heteroatoms. The number of aryl methyl sites for hydroxylation is 1. The van der Waals surface area contributed by atoms with Crippen LogP contribution in [0.1, 0.15) is 13.3 Å². The summed E-state index contributed by atoms with van der Waals surface area (Å²) in [5, 5.41) is 7.46. The number of para-hydroxylation sites is 1. The van der Waals surface area contributed by atoms with E-state index in [1.54, 1.807) is 13.3 Å². The van der Waals surface area contributed by atoms with Crippen molar-refractivity contribution in [1.29, 1.82) is 0 Å². The van der Waals surface area contributed by atoms with Gasteiger partial charge in [-0.3, -0.25) is 4.79 Å². The van der Waals surface area contributed by atoms with Gasteiger partial charge in [0, 0.05) is 67.7 Å². The fourth-order valence-corrected chi connectivity index (χ4v) is 4.33. The van der Waals surface area contributed by atoms with Crippen molar-refractivity contribution in [3.8, 4) is 17.0 Å². The number of anilines is 4. The molecule has 0 saturated carbocycles. The Hall–Kier alpha value is -4.37. The first-order valence-corrected chi connectivity index (χ1v) is 12.9. The number of rotatable bonds is 11. The number of hydrogen-bond donors (Lipinski definition) is 2. The molecule has 2 aromatic carbocycles. The summed E-state index contributed by atoms with van der Waals surface area (Å²) in [6.45, 7) is 7.42. The van der Waals surface area contributed by atoms with Crippen molar-refractivity contribution in [3.63, 3.8) is 0 Å². The lowest BCUT2D eigenvalue weighted by molar-refractivity contribution is -0.112. The first-order valence-electron chi connectivity index (χ1n) is 12.9. The van der Waals surface area contributed by atoms with E-state index in [1.807, 2.05) is 65.4 Å². The minimum atomic E-state index is -0.218. The van der Waals surface area contributed by atoms with Crippen molar-refractivity contribution in [3.05, 3.63) is 67.0 Å². The predicted octanol–water partition coefficient (Wildman–Crippen LogP) is 5.29. The van der Waals surface area contributed by atoms with Crippen LogP contribution in [-0.2, 0) is 11.8 Å². The highest BCUT2D eigenvalue weighted by Crippen LogP contribution is 2.38. The summed E-state index contributed by atoms with van der Waals surface area (Å²) in [5.41, 5.74) is 5.57. The van der Waals surface area contributed by atoms with Crippen LogP contribution in [0.25, 0.3) is 22.2 Å². The second-order valence-electron chi connectivity index (χ2n) is 9.77. The summed E-state index contributed by atoms with van der Waals surface area (Å²) < 4.78 is 7.84. The number of nitrogens with one attached hydrogen (secondary N) is 2. The predicted molar refractivity (Wildman–Crippen MR) is 160 cm³/mol. The van der Waals surface area contributed by atoms with Gasteiger partial charge in [-0.15, -0.1) is 0 Å². The Labute approximate surface area is 230 Å². The second kappa shape index (κ2) is 12.0. The summed E-state index contributed by atoms with van der Waals surface area (Å²) in [7, 11) is 9.70. The number of nitrogens with zero attached hydrogens (tertiary/aromatic N) is 5. The van der Waals surface area contributed by atoms with Crippen LogP contribution in [0, 0.1) is 0 Å². The summed E-state index contributed by atoms with van der Waals surface area (Å²) in [5.74, 6) is 0.806. The summed E-state index contributed by atoms with van der Waals surface area (Å²) in [6, 6.07) is 13.9. The van der Waals surface area contributed by atoms with Gasteiger partial charge in [0.2, 0.25) is 5.95 Å². The van der Waals surface area contributed by atoms with Crippen LogP contribution in [0.15, 0.2) is 67.0 Å². The molecule has 2 heterocycles. The van der Waals surface area contributed by atoms with Gasteiger partial charge < -0.3 is 29.7 Å². The van der Waals surface area contributed by atoms with Crippen LogP contribution in [-0.4, -0.2) is 66.7 Å². The number of likely N-dealkylation sites (N-methyl/N-ethyl adjacent to an activating group) is 2. The standard InChI is InChI=1S/C30H37N7O2/c1-8-20(2)29(38)32-24-17-25(28(39-7)18-27(24)36(5)16-15-35(3)4)34-30-31-14-13-23(33-30)22-19-37(6)26-12-10-9-11-21(22)26/h9-14,17-19H,2,8,15-16H2,1,3-7H3,(H,32,38)(H,31,33,34). The zero-order chi connectivity index (χ0) is 28.1. The minimum Gasteiger partial charge on any atom is -0.494 e. The number of benzene rings is 2. The fraction of sp³-hybridized carbons (Fsp3) is 0.300. The molecule has 2 aromatic heterocycles. The zero-order valence-electron chi connectivity index (χ0n) is 23.6. The molecule has 0 spiro atoms. The Bertz CT molecular complexity index is 1490. The molecule has 0 fully saturated rings. The van der Waals surface area contributed by atoms with Gasteiger partial charge in [0.15, 0.2) is 0 Å². The maximum Gasteiger partial charge on any atom is 0.251 e. The SMILES string of the molecule is C=C(CC)C(=O)Nc1cc(Nc2nccc(-c3cn(C)c4ccccc34)n2)c(OC)cc1N(C)CCN(C)C. The van der Waals surface area contributed by atoms with E-state index in [-0.39, 0.29) is 5.91 Å². The molecule has 204 valence electrons. The van der Waals surface area contributed by atoms with Gasteiger partial charge in [-0.2, -0.15) is 0 Å². The van der Waals surface area contributed by atoms with E-state index >= 15 is 0 Å². The molecule has 0 saturated heterocycles. The Balaban J connectivity index is 1.72. The van der Waals surface area contributed by atoms with Crippen LogP contribution in [0.2, 0.25) is 0 Å². The van der Waals surface area contributed by atoms with Crippen molar-refractivity contribution in [2.75, 3.05) is 56.9 Å². The quantitative estimate of drug-likeness (QED) is 0.256. The highest BCUT2D eigenvalue weighted by Gasteiger charge is 2.18. The van der Waals surface area contributed by atoms with Crippen LogP contribution in [0.4, 0.5) is 23.0 Å². The topological polar surface area (TPSA) is 87.5 Å². The lowest BCUT2D eigenvalue weighted by atomic mass is 10.1. The molecule has 0 radical (unpaired) electrons. The average Bonchev–Trinajstić information content (AvgIpc) is 3.28. The Kier molecular flexibility index (Phi) is 8.51. The maximum atomic E-state index is 12.8. The van der Waals surface area contributed by atoms with Crippen molar-refractivity contribution < 1.29 is 9.53 Å². The molecule has 4 rings (SSSR count). The molecule has 1 amide bonds. The van der Waals surface area contributed by atoms with Gasteiger partial charge in [0.25, 0.3) is 5.91 Å². The van der Waals surface area contributed by atoms with Gasteiger partial charge in [-0.25, -0.2) is 9.97 Å². The lowest BCUT2D eigenvalue weighted by Crippen LogP contribution is -2.29. The first kappa shape index (κ1) is 27.7. The van der Waals surface area contributed by atoms with Gasteiger partial charge in [0.1, 0.15) is 5.75 Å². The fourth-order valence-electron chi connectivity index (χ4n) is 4.33. The third-order valence-corrected chi connectivity index (χ3v) is 6.68. The molecule has 2 N–H and O–H groups in total. The summed E-state index contributed by atoms with van der Waals surface area (Å²) in [4.78, 5) is 26.3. The number of carbonyl (C=O) groups is 1. The monoisotopic (exact) mass is 527 g/mol. The smallest absolute Gasteiger partial charge is 0.251 e. The molecular formula is C30H37N7O2. The van der Waals surface area contributed by atoms with Crippen molar-refractivity contribution in [2.45, 2.75) is 13.3 Å². The first-order chi connectivity index (χ1) is 18.7. The van der Waals surface area contributed by atoms with E-state index in [2.05, 4.69) is 54.9 Å². The molecule has 0 atom stereocenters. The van der Waals surface area contributed by atoms with E-state index in [9.17, 15) is 4.79 Å². The molecule has 9 nitrogen and oxygen atoms in total. The summed E-state index contributed by atoms with van der Waals surface area (Å²) >= 11 is 0. The third kappa shape index (κ3) is 6.21. The number of carbonyl (C=O) groups excluding carboxylic acids is 1. The number of fused-ring (bicyclic) bond motifs is 1. The Morgan fingerprint density at radius 3 is 2.59 bits per heavy atom. The van der Waals surface area contributed by atoms with Crippen molar-refractivity contribution >= 4 is 39.8 Å². The molecule has 39 heavy (non-hydrogen) atoms. The number of ether oxygens (including phenoxy) is 1. The summed E-state index contributed by atoms with van der Waals surface area (Å²) in [6.07, 6.45) is 4.37. The van der Waals surface area contributed by atoms with Gasteiger partial charge >= 0.3 is 0 Å². The Morgan fingerprint density at radius 1 is 1.10 bits per heavy atom. The number of aromatic nitrogens is 3. The van der Waals surface area contributed by atoms with Crippen LogP contribution in [0.3, 0.4) is 0 Å². The van der Waals surface area contributed by atoms with Crippen LogP contribution in [0.5, 0.6) is 5.75 Å². The normalized spacial score (nSPS) is 11.1. The van der Waals surface area contributed by atoms with E-state index in [4.69, 9.17) is 9.72 Å². The lowest BCUT2D eigenvalue weighted by Gasteiger charge is -2.26. The highest BCUT2D eigenvalue weighted by atomic mass is 16.5. The maximum absolute atomic E-state index is 12.8.